The number of hydrogen-bond donors (Lipinski definition) is 1. The second-order valence-electron chi connectivity index (χ2n) is 4.90. The van der Waals surface area contributed by atoms with Gasteiger partial charge in [0.2, 0.25) is 0 Å². The summed E-state index contributed by atoms with van der Waals surface area (Å²) >= 11 is 0. The highest BCUT2D eigenvalue weighted by Crippen LogP contribution is 2.25. The first-order valence-corrected chi connectivity index (χ1v) is 6.93. The summed E-state index contributed by atoms with van der Waals surface area (Å²) in [6.07, 6.45) is 5.33. The van der Waals surface area contributed by atoms with Gasteiger partial charge in [-0.2, -0.15) is 5.26 Å². The molecule has 0 radical (unpaired) electrons. The zero-order valence-corrected chi connectivity index (χ0v) is 12.1. The Labute approximate surface area is 128 Å². The van der Waals surface area contributed by atoms with Gasteiger partial charge in [0.05, 0.1) is 5.56 Å². The number of anilines is 1. The summed E-state index contributed by atoms with van der Waals surface area (Å²) in [5, 5.41) is 12.6. The van der Waals surface area contributed by atoms with Crippen LogP contribution in [0.4, 0.5) is 5.82 Å². The minimum absolute atomic E-state index is 0.178. The van der Waals surface area contributed by atoms with E-state index in [4.69, 9.17) is 0 Å². The van der Waals surface area contributed by atoms with Crippen molar-refractivity contribution in [3.8, 4) is 6.07 Å². The van der Waals surface area contributed by atoms with E-state index in [0.717, 1.165) is 11.4 Å². The maximum atomic E-state index is 9.24. The molecule has 0 aliphatic rings. The highest BCUT2D eigenvalue weighted by atomic mass is 15.1. The van der Waals surface area contributed by atoms with Crippen molar-refractivity contribution in [3.63, 3.8) is 0 Å². The lowest BCUT2D eigenvalue weighted by Gasteiger charge is -2.20. The van der Waals surface area contributed by atoms with E-state index < -0.39 is 0 Å². The van der Waals surface area contributed by atoms with Crippen LogP contribution in [0, 0.1) is 11.3 Å². The van der Waals surface area contributed by atoms with E-state index >= 15 is 0 Å². The molecule has 0 saturated heterocycles. The van der Waals surface area contributed by atoms with Gasteiger partial charge in [-0.1, -0.05) is 30.3 Å². The standard InChI is InChI=1S/C17H15N5/c1-22-11-10-20-17(22)15(13-6-3-2-4-7-13)21-16-14(12-18)8-5-9-19-16/h2-11,15H,1H3,(H,19,21). The van der Waals surface area contributed by atoms with Crippen LogP contribution in [0.3, 0.4) is 0 Å². The number of aromatic nitrogens is 3. The summed E-state index contributed by atoms with van der Waals surface area (Å²) in [7, 11) is 1.95. The fourth-order valence-electron chi connectivity index (χ4n) is 2.35. The first-order valence-electron chi connectivity index (χ1n) is 6.93. The number of imidazole rings is 1. The quantitative estimate of drug-likeness (QED) is 0.802. The van der Waals surface area contributed by atoms with Crippen LogP contribution in [0.1, 0.15) is 23.0 Å². The van der Waals surface area contributed by atoms with E-state index in [1.807, 2.05) is 48.1 Å². The van der Waals surface area contributed by atoms with Crippen LogP contribution in [-0.4, -0.2) is 14.5 Å². The lowest BCUT2D eigenvalue weighted by Crippen LogP contribution is -2.18. The highest BCUT2D eigenvalue weighted by molar-refractivity contribution is 5.53. The van der Waals surface area contributed by atoms with Gasteiger partial charge in [-0.25, -0.2) is 9.97 Å². The van der Waals surface area contributed by atoms with Crippen molar-refractivity contribution in [2.75, 3.05) is 5.32 Å². The zero-order chi connectivity index (χ0) is 15.4. The van der Waals surface area contributed by atoms with E-state index in [0.29, 0.717) is 11.4 Å². The van der Waals surface area contributed by atoms with Gasteiger partial charge in [0.25, 0.3) is 0 Å². The van der Waals surface area contributed by atoms with E-state index in [-0.39, 0.29) is 6.04 Å². The second kappa shape index (κ2) is 6.10. The van der Waals surface area contributed by atoms with Gasteiger partial charge in [-0.05, 0) is 17.7 Å². The molecule has 0 bridgehead atoms. The average molecular weight is 289 g/mol. The molecule has 3 rings (SSSR count). The monoisotopic (exact) mass is 289 g/mol. The van der Waals surface area contributed by atoms with Gasteiger partial charge in [0, 0.05) is 25.6 Å². The first kappa shape index (κ1) is 13.8. The van der Waals surface area contributed by atoms with Gasteiger partial charge in [-0.3, -0.25) is 0 Å². The van der Waals surface area contributed by atoms with Crippen LogP contribution in [-0.2, 0) is 7.05 Å². The van der Waals surface area contributed by atoms with Crippen LogP contribution in [0.15, 0.2) is 61.1 Å². The first-order chi connectivity index (χ1) is 10.8. The summed E-state index contributed by atoms with van der Waals surface area (Å²) in [5.41, 5.74) is 1.57. The van der Waals surface area contributed by atoms with E-state index in [1.54, 1.807) is 24.5 Å². The number of rotatable bonds is 4. The SMILES string of the molecule is Cn1ccnc1C(Nc1ncccc1C#N)c1ccccc1. The highest BCUT2D eigenvalue weighted by Gasteiger charge is 2.19. The summed E-state index contributed by atoms with van der Waals surface area (Å²) in [6.45, 7) is 0. The number of pyridine rings is 1. The Morgan fingerprint density at radius 3 is 2.59 bits per heavy atom. The second-order valence-corrected chi connectivity index (χ2v) is 4.90. The van der Waals surface area contributed by atoms with Crippen molar-refractivity contribution >= 4 is 5.82 Å². The van der Waals surface area contributed by atoms with Gasteiger partial charge in [-0.15, -0.1) is 0 Å². The smallest absolute Gasteiger partial charge is 0.144 e. The minimum Gasteiger partial charge on any atom is -0.355 e. The number of hydrogen-bond acceptors (Lipinski definition) is 4. The molecule has 3 aromatic rings. The van der Waals surface area contributed by atoms with Crippen molar-refractivity contribution in [3.05, 3.63) is 78.0 Å². The predicted molar refractivity (Wildman–Crippen MR) is 84.1 cm³/mol. The van der Waals surface area contributed by atoms with Crippen molar-refractivity contribution in [2.45, 2.75) is 6.04 Å². The van der Waals surface area contributed by atoms with Gasteiger partial charge in [0.15, 0.2) is 0 Å². The van der Waals surface area contributed by atoms with Crippen LogP contribution < -0.4 is 5.32 Å². The molecule has 2 heterocycles. The molecule has 1 atom stereocenters. The van der Waals surface area contributed by atoms with Crippen molar-refractivity contribution in [2.24, 2.45) is 7.05 Å². The van der Waals surface area contributed by atoms with Crippen LogP contribution >= 0.6 is 0 Å². The maximum absolute atomic E-state index is 9.24. The lowest BCUT2D eigenvalue weighted by molar-refractivity contribution is 0.745. The predicted octanol–water partition coefficient (Wildman–Crippen LogP) is 2.89. The molecule has 1 N–H and O–H groups in total. The molecule has 1 unspecified atom stereocenters. The summed E-state index contributed by atoms with van der Waals surface area (Å²) in [4.78, 5) is 8.72. The van der Waals surface area contributed by atoms with Gasteiger partial charge in [0.1, 0.15) is 23.8 Å². The van der Waals surface area contributed by atoms with E-state index in [1.165, 1.54) is 0 Å². The molecular formula is C17H15N5. The number of benzene rings is 1. The van der Waals surface area contributed by atoms with Crippen LogP contribution in [0.2, 0.25) is 0 Å². The molecule has 0 fully saturated rings. The Balaban J connectivity index is 2.04. The molecule has 108 valence electrons. The number of nitrogens with one attached hydrogen (secondary N) is 1. The maximum Gasteiger partial charge on any atom is 0.144 e. The molecule has 5 nitrogen and oxygen atoms in total. The minimum atomic E-state index is -0.178. The molecule has 0 aliphatic carbocycles. The van der Waals surface area contributed by atoms with Crippen molar-refractivity contribution < 1.29 is 0 Å². The third-order valence-corrected chi connectivity index (χ3v) is 3.46. The number of nitriles is 1. The Bertz CT molecular complexity index is 801. The summed E-state index contributed by atoms with van der Waals surface area (Å²) in [6, 6.07) is 15.5. The third kappa shape index (κ3) is 2.67. The largest absolute Gasteiger partial charge is 0.355 e. The molecule has 0 saturated carbocycles. The molecule has 22 heavy (non-hydrogen) atoms. The Morgan fingerprint density at radius 1 is 1.09 bits per heavy atom. The Morgan fingerprint density at radius 2 is 1.91 bits per heavy atom. The van der Waals surface area contributed by atoms with E-state index in [9.17, 15) is 5.26 Å². The lowest BCUT2D eigenvalue weighted by atomic mass is 10.1. The van der Waals surface area contributed by atoms with Crippen LogP contribution in [0.5, 0.6) is 0 Å². The van der Waals surface area contributed by atoms with Crippen LogP contribution in [0.25, 0.3) is 0 Å². The summed E-state index contributed by atoms with van der Waals surface area (Å²) in [5.74, 6) is 1.42. The van der Waals surface area contributed by atoms with Crippen molar-refractivity contribution in [1.82, 2.24) is 14.5 Å². The fourth-order valence-corrected chi connectivity index (χ4v) is 2.35. The average Bonchev–Trinajstić information content (AvgIpc) is 2.99. The third-order valence-electron chi connectivity index (χ3n) is 3.46. The molecule has 2 aromatic heterocycles. The topological polar surface area (TPSA) is 66.5 Å². The molecule has 5 heteroatoms. The van der Waals surface area contributed by atoms with Gasteiger partial charge < -0.3 is 9.88 Å². The Hall–Kier alpha value is -3.13. The summed E-state index contributed by atoms with van der Waals surface area (Å²) < 4.78 is 1.96. The van der Waals surface area contributed by atoms with Crippen molar-refractivity contribution in [1.29, 1.82) is 5.26 Å². The fraction of sp³-hybridized carbons (Fsp3) is 0.118. The molecule has 1 aromatic carbocycles. The molecule has 0 amide bonds. The molecule has 0 aliphatic heterocycles. The van der Waals surface area contributed by atoms with Gasteiger partial charge >= 0.3 is 0 Å². The number of aryl methyl sites for hydroxylation is 1. The molecule has 0 spiro atoms. The Kier molecular flexibility index (Phi) is 3.84. The number of nitrogens with zero attached hydrogens (tertiary/aromatic N) is 4. The molecular weight excluding hydrogens is 274 g/mol. The normalized spacial score (nSPS) is 11.6. The zero-order valence-electron chi connectivity index (χ0n) is 12.1. The van der Waals surface area contributed by atoms with E-state index in [2.05, 4.69) is 21.4 Å².